The lowest BCUT2D eigenvalue weighted by molar-refractivity contribution is 0.0697. The fourth-order valence-electron chi connectivity index (χ4n) is 2.07. The van der Waals surface area contributed by atoms with Crippen LogP contribution in [0.25, 0.3) is 0 Å². The van der Waals surface area contributed by atoms with Gasteiger partial charge in [0.1, 0.15) is 0 Å². The van der Waals surface area contributed by atoms with E-state index in [1.165, 1.54) is 12.1 Å². The molecule has 108 valence electrons. The van der Waals surface area contributed by atoms with Gasteiger partial charge >= 0.3 is 12.0 Å². The SMILES string of the molecule is CC1(NC(=O)Nc2c(Cl)cc(C(=O)O)cc2Cl)CCC1. The molecular weight excluding hydrogens is 303 g/mol. The molecule has 1 aliphatic carbocycles. The number of carbonyl (C=O) groups is 2. The second kappa shape index (κ2) is 5.50. The molecule has 0 aliphatic heterocycles. The van der Waals surface area contributed by atoms with Crippen LogP contribution in [0.5, 0.6) is 0 Å². The molecule has 5 nitrogen and oxygen atoms in total. The van der Waals surface area contributed by atoms with Crippen LogP contribution >= 0.6 is 23.2 Å². The zero-order valence-corrected chi connectivity index (χ0v) is 12.3. The molecule has 2 amide bonds. The summed E-state index contributed by atoms with van der Waals surface area (Å²) in [5.74, 6) is -1.13. The van der Waals surface area contributed by atoms with Gasteiger partial charge in [-0.25, -0.2) is 9.59 Å². The van der Waals surface area contributed by atoms with E-state index in [0.29, 0.717) is 0 Å². The number of carboxylic acids is 1. The number of halogens is 2. The maximum absolute atomic E-state index is 11.9. The summed E-state index contributed by atoms with van der Waals surface area (Å²) in [7, 11) is 0. The van der Waals surface area contributed by atoms with Crippen LogP contribution < -0.4 is 10.6 Å². The van der Waals surface area contributed by atoms with Crippen LogP contribution in [-0.4, -0.2) is 22.6 Å². The summed E-state index contributed by atoms with van der Waals surface area (Å²) < 4.78 is 0. The highest BCUT2D eigenvalue weighted by atomic mass is 35.5. The van der Waals surface area contributed by atoms with Crippen molar-refractivity contribution in [3.8, 4) is 0 Å². The van der Waals surface area contributed by atoms with Crippen LogP contribution in [-0.2, 0) is 0 Å². The minimum absolute atomic E-state index is 0.0306. The van der Waals surface area contributed by atoms with E-state index in [9.17, 15) is 9.59 Å². The Kier molecular flexibility index (Phi) is 4.11. The third kappa shape index (κ3) is 3.16. The smallest absolute Gasteiger partial charge is 0.335 e. The molecule has 2 rings (SSSR count). The van der Waals surface area contributed by atoms with Gasteiger partial charge < -0.3 is 15.7 Å². The summed E-state index contributed by atoms with van der Waals surface area (Å²) in [5, 5.41) is 14.5. The van der Waals surface area contributed by atoms with Gasteiger partial charge in [-0.2, -0.15) is 0 Å². The lowest BCUT2D eigenvalue weighted by atomic mass is 9.79. The van der Waals surface area contributed by atoms with Crippen molar-refractivity contribution < 1.29 is 14.7 Å². The van der Waals surface area contributed by atoms with Crippen LogP contribution in [0.15, 0.2) is 12.1 Å². The summed E-state index contributed by atoms with van der Waals surface area (Å²) in [6, 6.07) is 2.09. The number of urea groups is 1. The summed E-state index contributed by atoms with van der Waals surface area (Å²) in [6.07, 6.45) is 2.95. The predicted molar refractivity (Wildman–Crippen MR) is 77.8 cm³/mol. The summed E-state index contributed by atoms with van der Waals surface area (Å²) in [5.41, 5.74) is -0.0139. The molecule has 0 heterocycles. The van der Waals surface area contributed by atoms with Gasteiger partial charge in [0, 0.05) is 5.54 Å². The molecule has 0 unspecified atom stereocenters. The molecule has 7 heteroatoms. The highest BCUT2D eigenvalue weighted by Crippen LogP contribution is 2.33. The number of carboxylic acid groups (broad SMARTS) is 1. The van der Waals surface area contributed by atoms with Gasteiger partial charge in [-0.05, 0) is 38.3 Å². The second-order valence-corrected chi connectivity index (χ2v) is 5.93. The van der Waals surface area contributed by atoms with Gasteiger partial charge in [-0.15, -0.1) is 0 Å². The molecule has 1 fully saturated rings. The van der Waals surface area contributed by atoms with Crippen LogP contribution in [0, 0.1) is 0 Å². The van der Waals surface area contributed by atoms with Crippen LogP contribution in [0.4, 0.5) is 10.5 Å². The number of amides is 2. The zero-order valence-electron chi connectivity index (χ0n) is 10.8. The molecular formula is C13H14Cl2N2O3. The van der Waals surface area contributed by atoms with Crippen LogP contribution in [0.2, 0.25) is 10.0 Å². The molecule has 0 atom stereocenters. The van der Waals surface area contributed by atoms with E-state index < -0.39 is 12.0 Å². The lowest BCUT2D eigenvalue weighted by Crippen LogP contribution is -2.52. The fraction of sp³-hybridized carbons (Fsp3) is 0.385. The van der Waals surface area contributed by atoms with Crippen molar-refractivity contribution in [2.24, 2.45) is 0 Å². The normalized spacial score (nSPS) is 16.1. The first-order valence-electron chi connectivity index (χ1n) is 6.12. The maximum atomic E-state index is 11.9. The Hall–Kier alpha value is -1.46. The van der Waals surface area contributed by atoms with Crippen LogP contribution in [0.1, 0.15) is 36.5 Å². The predicted octanol–water partition coefficient (Wildman–Crippen LogP) is 3.76. The van der Waals surface area contributed by atoms with Crippen LogP contribution in [0.3, 0.4) is 0 Å². The molecule has 0 saturated heterocycles. The van der Waals surface area contributed by atoms with Gasteiger partial charge in [-0.3, -0.25) is 0 Å². The van der Waals surface area contributed by atoms with Crippen molar-refractivity contribution in [3.63, 3.8) is 0 Å². The number of aromatic carboxylic acids is 1. The average Bonchev–Trinajstić information content (AvgIpc) is 2.31. The van der Waals surface area contributed by atoms with E-state index in [4.69, 9.17) is 28.3 Å². The molecule has 20 heavy (non-hydrogen) atoms. The Morgan fingerprint density at radius 2 is 1.80 bits per heavy atom. The van der Waals surface area contributed by atoms with E-state index in [1.54, 1.807) is 0 Å². The van der Waals surface area contributed by atoms with E-state index in [0.717, 1.165) is 19.3 Å². The number of hydrogen-bond acceptors (Lipinski definition) is 2. The first kappa shape index (κ1) is 14.9. The number of benzene rings is 1. The monoisotopic (exact) mass is 316 g/mol. The van der Waals surface area contributed by atoms with E-state index >= 15 is 0 Å². The number of anilines is 1. The van der Waals surface area contributed by atoms with Crippen molar-refractivity contribution in [3.05, 3.63) is 27.7 Å². The maximum Gasteiger partial charge on any atom is 0.335 e. The lowest BCUT2D eigenvalue weighted by Gasteiger charge is -2.39. The largest absolute Gasteiger partial charge is 0.478 e. The Labute approximate surface area is 126 Å². The Bertz CT molecular complexity index is 548. The van der Waals surface area contributed by atoms with E-state index in [-0.39, 0.29) is 26.8 Å². The van der Waals surface area contributed by atoms with Gasteiger partial charge in [0.15, 0.2) is 0 Å². The average molecular weight is 317 g/mol. The number of hydrogen-bond donors (Lipinski definition) is 3. The quantitative estimate of drug-likeness (QED) is 0.794. The third-order valence-corrected chi connectivity index (χ3v) is 4.00. The van der Waals surface area contributed by atoms with Crippen molar-refractivity contribution in [1.82, 2.24) is 5.32 Å². The Morgan fingerprint density at radius 1 is 1.25 bits per heavy atom. The first-order valence-corrected chi connectivity index (χ1v) is 6.88. The van der Waals surface area contributed by atoms with Gasteiger partial charge in [-0.1, -0.05) is 23.2 Å². The molecule has 3 N–H and O–H groups in total. The molecule has 0 aromatic heterocycles. The third-order valence-electron chi connectivity index (χ3n) is 3.40. The highest BCUT2D eigenvalue weighted by Gasteiger charge is 2.33. The zero-order chi connectivity index (χ0) is 14.9. The summed E-state index contributed by atoms with van der Waals surface area (Å²) in [6.45, 7) is 1.97. The minimum atomic E-state index is -1.13. The molecule has 1 aromatic carbocycles. The molecule has 1 aliphatic rings. The Balaban J connectivity index is 2.13. The first-order chi connectivity index (χ1) is 9.31. The number of rotatable bonds is 3. The molecule has 0 bridgehead atoms. The summed E-state index contributed by atoms with van der Waals surface area (Å²) >= 11 is 11.9. The van der Waals surface area contributed by atoms with Crippen molar-refractivity contribution in [1.29, 1.82) is 0 Å². The highest BCUT2D eigenvalue weighted by molar-refractivity contribution is 6.40. The standard InChI is InChI=1S/C13H14Cl2N2O3/c1-13(3-2-4-13)17-12(20)16-10-8(14)5-7(11(18)19)6-9(10)15/h5-6H,2-4H2,1H3,(H,18,19)(H2,16,17,20). The van der Waals surface area contributed by atoms with Crippen molar-refractivity contribution in [2.45, 2.75) is 31.7 Å². The summed E-state index contributed by atoms with van der Waals surface area (Å²) in [4.78, 5) is 22.7. The fourth-order valence-corrected chi connectivity index (χ4v) is 2.65. The van der Waals surface area contributed by atoms with Crippen molar-refractivity contribution >= 4 is 40.9 Å². The van der Waals surface area contributed by atoms with E-state index in [2.05, 4.69) is 10.6 Å². The minimum Gasteiger partial charge on any atom is -0.478 e. The number of nitrogens with one attached hydrogen (secondary N) is 2. The van der Waals surface area contributed by atoms with Crippen molar-refractivity contribution in [2.75, 3.05) is 5.32 Å². The topological polar surface area (TPSA) is 78.4 Å². The number of carbonyl (C=O) groups excluding carboxylic acids is 1. The molecule has 1 saturated carbocycles. The molecule has 0 spiro atoms. The second-order valence-electron chi connectivity index (χ2n) is 5.11. The van der Waals surface area contributed by atoms with Gasteiger partial charge in [0.2, 0.25) is 0 Å². The Morgan fingerprint density at radius 3 is 2.20 bits per heavy atom. The molecule has 1 aromatic rings. The van der Waals surface area contributed by atoms with E-state index in [1.807, 2.05) is 6.92 Å². The van der Waals surface area contributed by atoms with Gasteiger partial charge in [0.25, 0.3) is 0 Å². The van der Waals surface area contributed by atoms with Gasteiger partial charge in [0.05, 0.1) is 21.3 Å². The molecule has 0 radical (unpaired) electrons.